The lowest BCUT2D eigenvalue weighted by molar-refractivity contribution is -0.379. The fraction of sp³-hybridized carbons (Fsp3) is 0.966. The fourth-order valence-electron chi connectivity index (χ4n) is 5.00. The molecule has 6 nitrogen and oxygen atoms in total. The van der Waals surface area contributed by atoms with Gasteiger partial charge < -0.3 is 23.7 Å². The average molecular weight is 740 g/mol. The summed E-state index contributed by atoms with van der Waals surface area (Å²) in [5.74, 6) is -1.28. The number of alkyl halides is 6. The summed E-state index contributed by atoms with van der Waals surface area (Å²) in [5.41, 5.74) is 0. The number of unbranched alkanes of at least 4 members (excludes halogenated alkanes) is 7. The highest BCUT2D eigenvalue weighted by atomic mass is 35.5. The second-order valence-corrected chi connectivity index (χ2v) is 17.0. The Morgan fingerprint density at radius 3 is 1.26 bits per heavy atom. The van der Waals surface area contributed by atoms with Crippen molar-refractivity contribution in [2.45, 2.75) is 107 Å². The molecule has 0 radical (unpaired) electrons. The highest BCUT2D eigenvalue weighted by molar-refractivity contribution is 6.76. The van der Waals surface area contributed by atoms with Crippen LogP contribution < -0.4 is 0 Å². The number of hydrogen-bond donors (Lipinski definition) is 0. The van der Waals surface area contributed by atoms with Gasteiger partial charge in [0.2, 0.25) is 11.6 Å². The van der Waals surface area contributed by atoms with Crippen LogP contribution >= 0.6 is 69.6 Å². The molecule has 0 aromatic rings. The van der Waals surface area contributed by atoms with Crippen LogP contribution in [0.1, 0.15) is 78.1 Å². The number of ketones is 1. The molecule has 0 aromatic heterocycles. The van der Waals surface area contributed by atoms with Crippen molar-refractivity contribution in [1.82, 2.24) is 0 Å². The van der Waals surface area contributed by atoms with Gasteiger partial charge in [0.15, 0.2) is 0 Å². The molecule has 1 unspecified atom stereocenters. The predicted octanol–water partition coefficient (Wildman–Crippen LogP) is 8.74. The normalized spacial score (nSPS) is 14.2. The number of carbonyl (C=O) groups is 1. The Morgan fingerprint density at radius 1 is 0.595 bits per heavy atom. The molecule has 0 fully saturated rings. The Kier molecular flexibility index (Phi) is 26.4. The zero-order chi connectivity index (χ0) is 31.9. The summed E-state index contributed by atoms with van der Waals surface area (Å²) in [6.07, 6.45) is 8.95. The van der Waals surface area contributed by atoms with Crippen LogP contribution in [0, 0.1) is 5.92 Å². The van der Waals surface area contributed by atoms with Crippen molar-refractivity contribution in [3.8, 4) is 0 Å². The van der Waals surface area contributed by atoms with E-state index in [0.717, 1.165) is 51.4 Å². The van der Waals surface area contributed by atoms with E-state index < -0.39 is 25.1 Å². The van der Waals surface area contributed by atoms with E-state index in [0.29, 0.717) is 50.3 Å². The van der Waals surface area contributed by atoms with Crippen molar-refractivity contribution in [2.24, 2.45) is 5.92 Å². The maximum absolute atomic E-state index is 14.0. The van der Waals surface area contributed by atoms with Crippen molar-refractivity contribution in [1.29, 1.82) is 0 Å². The third kappa shape index (κ3) is 15.8. The van der Waals surface area contributed by atoms with Crippen molar-refractivity contribution in [3.63, 3.8) is 0 Å². The van der Waals surface area contributed by atoms with Gasteiger partial charge in [0.05, 0.1) is 46.3 Å². The quantitative estimate of drug-likeness (QED) is 0.0318. The van der Waals surface area contributed by atoms with Gasteiger partial charge in [-0.2, -0.15) is 0 Å². The molecule has 0 N–H and O–H groups in total. The topological polar surface area (TPSA) is 63.2 Å². The number of rotatable bonds is 30. The third-order valence-electron chi connectivity index (χ3n) is 7.14. The van der Waals surface area contributed by atoms with Gasteiger partial charge in [-0.05, 0) is 18.8 Å². The maximum Gasteiger partial charge on any atom is 0.282 e. The summed E-state index contributed by atoms with van der Waals surface area (Å²) in [7, 11) is -1.63. The summed E-state index contributed by atoms with van der Waals surface area (Å²) < 4.78 is 28.7. The van der Waals surface area contributed by atoms with Gasteiger partial charge in [-0.3, -0.25) is 4.79 Å². The Balaban J connectivity index is 4.91. The standard InChI is InChI=1S/C29H54Cl6O6Si/c1-25(2)29(35,42(3)4)26(36)27(37-20-15-30,38-21-16-31)13-11-9-7-5-6-8-10-12-14-28(39-22-17-32,40-23-18-33)41-24-19-34/h25,42H,5-24H2,1-4H3. The van der Waals surface area contributed by atoms with E-state index in [1.165, 1.54) is 0 Å². The first kappa shape index (κ1) is 43.4. The Morgan fingerprint density at radius 2 is 0.929 bits per heavy atom. The lowest BCUT2D eigenvalue weighted by atomic mass is 9.94. The van der Waals surface area contributed by atoms with Crippen LogP contribution in [0.5, 0.6) is 0 Å². The van der Waals surface area contributed by atoms with Crippen molar-refractivity contribution >= 4 is 84.2 Å². The minimum Gasteiger partial charge on any atom is -0.342 e. The average Bonchev–Trinajstić information content (AvgIpc) is 2.98. The van der Waals surface area contributed by atoms with Crippen LogP contribution in [-0.4, -0.2) is 93.3 Å². The molecule has 0 aliphatic rings. The van der Waals surface area contributed by atoms with E-state index in [1.54, 1.807) is 0 Å². The molecule has 0 saturated carbocycles. The molecule has 0 saturated heterocycles. The van der Waals surface area contributed by atoms with Gasteiger partial charge in [-0.25, -0.2) is 0 Å². The van der Waals surface area contributed by atoms with Crippen LogP contribution in [0.2, 0.25) is 13.1 Å². The molecule has 0 amide bonds. The zero-order valence-corrected chi connectivity index (χ0v) is 31.7. The van der Waals surface area contributed by atoms with Crippen LogP contribution in [-0.2, 0) is 28.5 Å². The minimum absolute atomic E-state index is 0.0484. The number of hydrogen-bond acceptors (Lipinski definition) is 6. The van der Waals surface area contributed by atoms with Crippen LogP contribution in [0.4, 0.5) is 0 Å². The van der Waals surface area contributed by atoms with E-state index in [-0.39, 0.29) is 36.7 Å². The predicted molar refractivity (Wildman–Crippen MR) is 182 cm³/mol. The molecule has 1 atom stereocenters. The molecule has 0 heterocycles. The van der Waals surface area contributed by atoms with Gasteiger partial charge in [0.1, 0.15) is 0 Å². The van der Waals surface area contributed by atoms with Crippen LogP contribution in [0.15, 0.2) is 0 Å². The first-order chi connectivity index (χ1) is 20.1. The molecule has 0 aliphatic heterocycles. The van der Waals surface area contributed by atoms with E-state index in [9.17, 15) is 4.79 Å². The Bertz CT molecular complexity index is 639. The second-order valence-electron chi connectivity index (χ2n) is 10.9. The molecule has 252 valence electrons. The molecule has 0 bridgehead atoms. The van der Waals surface area contributed by atoms with Crippen molar-refractivity contribution < 1.29 is 28.5 Å². The molecule has 0 aliphatic carbocycles. The number of Topliss-reactive ketones (excluding diaryl/α,β-unsaturated/α-hetero) is 1. The minimum atomic E-state index is -1.63. The summed E-state index contributed by atoms with van der Waals surface area (Å²) in [6.45, 7) is 9.49. The second kappa shape index (κ2) is 25.5. The van der Waals surface area contributed by atoms with Gasteiger partial charge >= 0.3 is 0 Å². The lowest BCUT2D eigenvalue weighted by Crippen LogP contribution is -2.60. The number of ether oxygens (including phenoxy) is 5. The maximum atomic E-state index is 14.0. The summed E-state index contributed by atoms with van der Waals surface area (Å²) in [5, 5.41) is 0. The van der Waals surface area contributed by atoms with Crippen LogP contribution in [0.25, 0.3) is 0 Å². The van der Waals surface area contributed by atoms with E-state index >= 15 is 0 Å². The highest BCUT2D eigenvalue weighted by Gasteiger charge is 2.54. The first-order valence-corrected chi connectivity index (χ1v) is 21.2. The summed E-state index contributed by atoms with van der Waals surface area (Å²) in [6, 6.07) is 0. The summed E-state index contributed by atoms with van der Waals surface area (Å²) >= 11 is 36.5. The largest absolute Gasteiger partial charge is 0.342 e. The van der Waals surface area contributed by atoms with Gasteiger partial charge in [-0.15, -0.1) is 69.6 Å². The molecular weight excluding hydrogens is 685 g/mol. The smallest absolute Gasteiger partial charge is 0.282 e. The molecule has 0 aromatic carbocycles. The van der Waals surface area contributed by atoms with E-state index in [4.69, 9.17) is 93.3 Å². The van der Waals surface area contributed by atoms with Gasteiger partial charge in [0.25, 0.3) is 5.97 Å². The van der Waals surface area contributed by atoms with E-state index in [2.05, 4.69) is 13.1 Å². The lowest BCUT2D eigenvalue weighted by Gasteiger charge is -2.42. The van der Waals surface area contributed by atoms with Crippen molar-refractivity contribution in [2.75, 3.05) is 62.4 Å². The molecule has 42 heavy (non-hydrogen) atoms. The van der Waals surface area contributed by atoms with Crippen LogP contribution in [0.3, 0.4) is 0 Å². The van der Waals surface area contributed by atoms with Gasteiger partial charge in [0, 0.05) is 42.2 Å². The first-order valence-electron chi connectivity index (χ1n) is 15.3. The molecule has 0 spiro atoms. The summed E-state index contributed by atoms with van der Waals surface area (Å²) in [4.78, 5) is 14.0. The Labute approximate surface area is 286 Å². The van der Waals surface area contributed by atoms with Gasteiger partial charge in [-0.1, -0.05) is 65.5 Å². The fourth-order valence-corrected chi connectivity index (χ4v) is 7.61. The molecule has 13 heteroatoms. The number of carbonyl (C=O) groups excluding carboxylic acids is 1. The highest BCUT2D eigenvalue weighted by Crippen LogP contribution is 2.38. The monoisotopic (exact) mass is 736 g/mol. The third-order valence-corrected chi connectivity index (χ3v) is 12.4. The SMILES string of the molecule is CC(C)C(Cl)(C(=O)C(CCCCCCCCCCC(OCCCl)(OCCCl)OCCCl)(OCCCl)OCCCl)[SiH](C)C. The Hall–Kier alpha value is 1.43. The molecular formula is C29H54Cl6O6Si. The zero-order valence-electron chi connectivity index (χ0n) is 26.0. The molecule has 0 rings (SSSR count). The van der Waals surface area contributed by atoms with Crippen molar-refractivity contribution in [3.05, 3.63) is 0 Å². The number of halogens is 6. The van der Waals surface area contributed by atoms with E-state index in [1.807, 2.05) is 13.8 Å².